The molecule has 0 aliphatic rings. The van der Waals surface area contributed by atoms with E-state index in [2.05, 4.69) is 19.2 Å². The summed E-state index contributed by atoms with van der Waals surface area (Å²) in [6, 6.07) is 7.78. The third kappa shape index (κ3) is 4.19. The molecule has 108 valence electrons. The summed E-state index contributed by atoms with van der Waals surface area (Å²) in [5.74, 6) is 1.94. The molecule has 2 aromatic rings. The smallest absolute Gasteiger partial charge is 0.123 e. The maximum atomic E-state index is 6.13. The second-order valence-electron chi connectivity index (χ2n) is 4.57. The normalized spacial score (nSPS) is 12.6. The summed E-state index contributed by atoms with van der Waals surface area (Å²) in [5, 5.41) is 4.82. The highest BCUT2D eigenvalue weighted by Gasteiger charge is 2.10. The summed E-state index contributed by atoms with van der Waals surface area (Å²) in [5.41, 5.74) is 1.18. The van der Waals surface area contributed by atoms with E-state index in [1.54, 1.807) is 24.1 Å². The van der Waals surface area contributed by atoms with Gasteiger partial charge in [-0.3, -0.25) is 0 Å². The van der Waals surface area contributed by atoms with E-state index in [4.69, 9.17) is 27.6 Å². The molecule has 0 amide bonds. The summed E-state index contributed by atoms with van der Waals surface area (Å²) in [7, 11) is 0. The number of hydrogen-bond acceptors (Lipinski definition) is 3. The molecule has 0 bridgehead atoms. The van der Waals surface area contributed by atoms with Crippen LogP contribution in [0, 0.1) is 6.92 Å². The molecular weight excluding hydrogens is 313 g/mol. The molecule has 1 unspecified atom stereocenters. The van der Waals surface area contributed by atoms with Gasteiger partial charge in [0.1, 0.15) is 5.76 Å². The van der Waals surface area contributed by atoms with Crippen LogP contribution in [0.15, 0.2) is 39.8 Å². The standard InChI is InChI=1S/C15H17Cl2NOS/c1-10-5-7-19-15(10)11(2)18-6-8-20-14-4-3-12(16)9-13(14)17/h3-5,7,9,11,18H,6,8H2,1-2H3. The first kappa shape index (κ1) is 15.8. The van der Waals surface area contributed by atoms with Crippen molar-refractivity contribution in [2.75, 3.05) is 12.3 Å². The van der Waals surface area contributed by atoms with Crippen LogP contribution in [0.5, 0.6) is 0 Å². The Balaban J connectivity index is 1.78. The van der Waals surface area contributed by atoms with Gasteiger partial charge in [-0.05, 0) is 43.7 Å². The maximum absolute atomic E-state index is 6.13. The van der Waals surface area contributed by atoms with Crippen LogP contribution in [0.4, 0.5) is 0 Å². The van der Waals surface area contributed by atoms with Crippen LogP contribution in [0.2, 0.25) is 10.0 Å². The predicted octanol–water partition coefficient (Wildman–Crippen LogP) is 5.34. The van der Waals surface area contributed by atoms with Gasteiger partial charge in [0, 0.05) is 22.2 Å². The lowest BCUT2D eigenvalue weighted by molar-refractivity contribution is 0.435. The molecule has 0 aliphatic carbocycles. The first-order valence-corrected chi connectivity index (χ1v) is 8.17. The van der Waals surface area contributed by atoms with Crippen LogP contribution in [0.1, 0.15) is 24.3 Å². The molecule has 0 aliphatic heterocycles. The quantitative estimate of drug-likeness (QED) is 0.572. The average molecular weight is 330 g/mol. The number of rotatable bonds is 6. The molecular formula is C15H17Cl2NOS. The number of benzene rings is 1. The third-order valence-electron chi connectivity index (χ3n) is 3.00. The van der Waals surface area contributed by atoms with Crippen molar-refractivity contribution in [1.29, 1.82) is 0 Å². The topological polar surface area (TPSA) is 25.2 Å². The minimum Gasteiger partial charge on any atom is -0.467 e. The number of thioether (sulfide) groups is 1. The summed E-state index contributed by atoms with van der Waals surface area (Å²) in [6.45, 7) is 5.04. The van der Waals surface area contributed by atoms with Crippen molar-refractivity contribution < 1.29 is 4.42 Å². The van der Waals surface area contributed by atoms with Crippen molar-refractivity contribution in [3.8, 4) is 0 Å². The van der Waals surface area contributed by atoms with E-state index in [1.165, 1.54) is 5.56 Å². The van der Waals surface area contributed by atoms with Crippen molar-refractivity contribution >= 4 is 35.0 Å². The second kappa shape index (κ2) is 7.41. The fourth-order valence-corrected chi connectivity index (χ4v) is 3.32. The molecule has 0 spiro atoms. The number of hydrogen-bond donors (Lipinski definition) is 1. The van der Waals surface area contributed by atoms with Gasteiger partial charge in [0.05, 0.1) is 17.3 Å². The van der Waals surface area contributed by atoms with Gasteiger partial charge in [0.15, 0.2) is 0 Å². The van der Waals surface area contributed by atoms with Gasteiger partial charge in [0.25, 0.3) is 0 Å². The zero-order valence-electron chi connectivity index (χ0n) is 11.5. The summed E-state index contributed by atoms with van der Waals surface area (Å²) in [4.78, 5) is 1.06. The van der Waals surface area contributed by atoms with Gasteiger partial charge in [-0.2, -0.15) is 0 Å². The van der Waals surface area contributed by atoms with Crippen LogP contribution in [-0.4, -0.2) is 12.3 Å². The second-order valence-corrected chi connectivity index (χ2v) is 6.55. The Morgan fingerprint density at radius 3 is 2.75 bits per heavy atom. The monoisotopic (exact) mass is 329 g/mol. The van der Waals surface area contributed by atoms with Crippen LogP contribution < -0.4 is 5.32 Å². The number of aryl methyl sites for hydroxylation is 1. The minimum atomic E-state index is 0.214. The van der Waals surface area contributed by atoms with Crippen LogP contribution in [0.3, 0.4) is 0 Å². The fourth-order valence-electron chi connectivity index (χ4n) is 1.95. The van der Waals surface area contributed by atoms with E-state index in [0.29, 0.717) is 10.0 Å². The van der Waals surface area contributed by atoms with Crippen LogP contribution >= 0.6 is 35.0 Å². The molecule has 1 N–H and O–H groups in total. The Hall–Kier alpha value is -0.610. The van der Waals surface area contributed by atoms with Gasteiger partial charge in [-0.1, -0.05) is 23.2 Å². The SMILES string of the molecule is Cc1ccoc1C(C)NCCSc1ccc(Cl)cc1Cl. The van der Waals surface area contributed by atoms with E-state index in [-0.39, 0.29) is 6.04 Å². The number of halogens is 2. The van der Waals surface area contributed by atoms with Gasteiger partial charge in [0.2, 0.25) is 0 Å². The average Bonchev–Trinajstić information content (AvgIpc) is 2.83. The summed E-state index contributed by atoms with van der Waals surface area (Å²) < 4.78 is 5.47. The molecule has 2 nitrogen and oxygen atoms in total. The van der Waals surface area contributed by atoms with E-state index in [9.17, 15) is 0 Å². The lowest BCUT2D eigenvalue weighted by atomic mass is 10.2. The predicted molar refractivity (Wildman–Crippen MR) is 87.0 cm³/mol. The first-order chi connectivity index (χ1) is 9.58. The van der Waals surface area contributed by atoms with E-state index < -0.39 is 0 Å². The Labute approximate surface area is 133 Å². The van der Waals surface area contributed by atoms with Crippen molar-refractivity contribution in [1.82, 2.24) is 5.32 Å². The van der Waals surface area contributed by atoms with Crippen LogP contribution in [-0.2, 0) is 0 Å². The largest absolute Gasteiger partial charge is 0.467 e. The molecule has 0 fully saturated rings. The van der Waals surface area contributed by atoms with E-state index in [0.717, 1.165) is 23.0 Å². The zero-order chi connectivity index (χ0) is 14.5. The van der Waals surface area contributed by atoms with Crippen molar-refractivity contribution in [3.63, 3.8) is 0 Å². The fraction of sp³-hybridized carbons (Fsp3) is 0.333. The molecule has 20 heavy (non-hydrogen) atoms. The lowest BCUT2D eigenvalue weighted by Gasteiger charge is -2.12. The Bertz CT molecular complexity index is 571. The third-order valence-corrected chi connectivity index (χ3v) is 4.73. The van der Waals surface area contributed by atoms with Gasteiger partial charge in [-0.15, -0.1) is 11.8 Å². The number of nitrogens with one attached hydrogen (secondary N) is 1. The zero-order valence-corrected chi connectivity index (χ0v) is 13.8. The Kier molecular flexibility index (Phi) is 5.85. The Morgan fingerprint density at radius 2 is 2.10 bits per heavy atom. The Morgan fingerprint density at radius 1 is 1.30 bits per heavy atom. The molecule has 5 heteroatoms. The molecule has 1 atom stereocenters. The van der Waals surface area contributed by atoms with Gasteiger partial charge < -0.3 is 9.73 Å². The summed E-state index contributed by atoms with van der Waals surface area (Å²) >= 11 is 13.7. The number of furan rings is 1. The molecule has 1 heterocycles. The first-order valence-electron chi connectivity index (χ1n) is 6.43. The van der Waals surface area contributed by atoms with Crippen LogP contribution in [0.25, 0.3) is 0 Å². The highest BCUT2D eigenvalue weighted by Crippen LogP contribution is 2.29. The lowest BCUT2D eigenvalue weighted by Crippen LogP contribution is -2.21. The highest BCUT2D eigenvalue weighted by molar-refractivity contribution is 7.99. The van der Waals surface area contributed by atoms with Crippen molar-refractivity contribution in [2.24, 2.45) is 0 Å². The van der Waals surface area contributed by atoms with E-state index in [1.807, 2.05) is 18.2 Å². The molecule has 1 aromatic carbocycles. The molecule has 0 saturated carbocycles. The molecule has 0 radical (unpaired) electrons. The molecule has 1 aromatic heterocycles. The van der Waals surface area contributed by atoms with Crippen molar-refractivity contribution in [2.45, 2.75) is 24.8 Å². The van der Waals surface area contributed by atoms with Gasteiger partial charge in [-0.25, -0.2) is 0 Å². The highest BCUT2D eigenvalue weighted by atomic mass is 35.5. The molecule has 0 saturated heterocycles. The minimum absolute atomic E-state index is 0.214. The van der Waals surface area contributed by atoms with Gasteiger partial charge >= 0.3 is 0 Å². The van der Waals surface area contributed by atoms with E-state index >= 15 is 0 Å². The van der Waals surface area contributed by atoms with Crippen molar-refractivity contribution in [3.05, 3.63) is 51.9 Å². The maximum Gasteiger partial charge on any atom is 0.123 e. The molecule has 2 rings (SSSR count). The summed E-state index contributed by atoms with van der Waals surface area (Å²) in [6.07, 6.45) is 1.73.